The molecule has 0 spiro atoms. The van der Waals surface area contributed by atoms with Crippen LogP contribution in [-0.2, 0) is 9.59 Å². The van der Waals surface area contributed by atoms with Crippen LogP contribution in [-0.4, -0.2) is 29.6 Å². The maximum Gasteiger partial charge on any atom is 0.168 e. The lowest BCUT2D eigenvalue weighted by Gasteiger charge is -2.23. The number of aliphatic hydroxyl groups is 1. The summed E-state index contributed by atoms with van der Waals surface area (Å²) in [5, 5.41) is 10.2. The van der Waals surface area contributed by atoms with Crippen LogP contribution in [0.5, 0.6) is 0 Å². The van der Waals surface area contributed by atoms with Crippen molar-refractivity contribution in [3.8, 4) is 0 Å². The third kappa shape index (κ3) is 12.0. The summed E-state index contributed by atoms with van der Waals surface area (Å²) in [6.07, 6.45) is 9.47. The summed E-state index contributed by atoms with van der Waals surface area (Å²) in [6, 6.07) is 9.54. The van der Waals surface area contributed by atoms with E-state index in [1.54, 1.807) is 6.92 Å². The first kappa shape index (κ1) is 29.2. The molecule has 4 heteroatoms. The maximum absolute atomic E-state index is 12.7. The van der Waals surface area contributed by atoms with Crippen LogP contribution in [0.25, 0.3) is 0 Å². The van der Waals surface area contributed by atoms with Crippen LogP contribution in [0.1, 0.15) is 109 Å². The quantitative estimate of drug-likeness (QED) is 0.251. The van der Waals surface area contributed by atoms with E-state index in [1.807, 2.05) is 64.8 Å². The standard InChI is InChI=1S/C26H42O3.CH2O/c1-21(27)25(2,3)19-13-7-11-17-23(28)18-12-8-14-20-26(4,5)24(29)22-15-9-6-10-16-22;1-2/h6,9-10,15-16,23,28H,7-8,11-14,17-20H2,1-5H3;1H2. The number of carbonyl (C=O) groups excluding carboxylic acids is 3. The predicted octanol–water partition coefficient (Wildman–Crippen LogP) is 6.59. The second-order valence-corrected chi connectivity index (χ2v) is 9.87. The van der Waals surface area contributed by atoms with Gasteiger partial charge in [-0.1, -0.05) is 96.6 Å². The van der Waals surface area contributed by atoms with Gasteiger partial charge in [0.25, 0.3) is 0 Å². The molecule has 1 unspecified atom stereocenters. The van der Waals surface area contributed by atoms with Gasteiger partial charge in [-0.25, -0.2) is 0 Å². The Morgan fingerprint density at radius 3 is 1.71 bits per heavy atom. The van der Waals surface area contributed by atoms with Gasteiger partial charge >= 0.3 is 0 Å². The smallest absolute Gasteiger partial charge is 0.168 e. The molecule has 0 aromatic heterocycles. The highest BCUT2D eigenvalue weighted by Gasteiger charge is 2.27. The molecule has 0 heterocycles. The first-order valence-electron chi connectivity index (χ1n) is 11.6. The Morgan fingerprint density at radius 2 is 1.26 bits per heavy atom. The van der Waals surface area contributed by atoms with Crippen molar-refractivity contribution in [3.05, 3.63) is 35.9 Å². The zero-order chi connectivity index (χ0) is 23.9. The largest absolute Gasteiger partial charge is 0.393 e. The fourth-order valence-corrected chi connectivity index (χ4v) is 3.66. The molecule has 0 aliphatic rings. The Kier molecular flexibility index (Phi) is 14.2. The molecule has 0 saturated carbocycles. The molecule has 0 aliphatic carbocycles. The first-order chi connectivity index (χ1) is 14.6. The minimum atomic E-state index is -0.340. The Hall–Kier alpha value is -1.81. The van der Waals surface area contributed by atoms with Crippen LogP contribution in [0.2, 0.25) is 0 Å². The van der Waals surface area contributed by atoms with Gasteiger partial charge in [0.05, 0.1) is 6.10 Å². The van der Waals surface area contributed by atoms with E-state index < -0.39 is 0 Å². The third-order valence-corrected chi connectivity index (χ3v) is 6.28. The Bertz CT molecular complexity index is 634. The molecule has 1 atom stereocenters. The summed E-state index contributed by atoms with van der Waals surface area (Å²) in [5.74, 6) is 0.470. The van der Waals surface area contributed by atoms with Gasteiger partial charge in [0.1, 0.15) is 12.6 Å². The number of rotatable bonds is 15. The van der Waals surface area contributed by atoms with Crippen LogP contribution in [0.3, 0.4) is 0 Å². The van der Waals surface area contributed by atoms with Crippen molar-refractivity contribution < 1.29 is 19.5 Å². The molecule has 0 amide bonds. The van der Waals surface area contributed by atoms with Crippen molar-refractivity contribution in [2.45, 2.75) is 105 Å². The molecule has 0 saturated heterocycles. The van der Waals surface area contributed by atoms with Crippen LogP contribution in [0.4, 0.5) is 0 Å². The average molecular weight is 433 g/mol. The number of ketones is 2. The van der Waals surface area contributed by atoms with E-state index >= 15 is 0 Å². The number of unbranched alkanes of at least 4 members (excludes halogenated alkanes) is 4. The molecular formula is C27H44O4. The van der Waals surface area contributed by atoms with Crippen molar-refractivity contribution in [3.63, 3.8) is 0 Å². The van der Waals surface area contributed by atoms with Gasteiger partial charge in [0, 0.05) is 16.4 Å². The second-order valence-electron chi connectivity index (χ2n) is 9.87. The molecule has 0 aliphatic heterocycles. The van der Waals surface area contributed by atoms with E-state index in [0.717, 1.165) is 69.8 Å². The van der Waals surface area contributed by atoms with E-state index in [4.69, 9.17) is 4.79 Å². The van der Waals surface area contributed by atoms with E-state index in [0.29, 0.717) is 0 Å². The summed E-state index contributed by atoms with van der Waals surface area (Å²) < 4.78 is 0. The molecule has 1 aromatic rings. The maximum atomic E-state index is 12.7. The van der Waals surface area contributed by atoms with Crippen molar-refractivity contribution in [2.24, 2.45) is 10.8 Å². The molecule has 4 nitrogen and oxygen atoms in total. The van der Waals surface area contributed by atoms with Crippen LogP contribution >= 0.6 is 0 Å². The van der Waals surface area contributed by atoms with Crippen molar-refractivity contribution in [1.82, 2.24) is 0 Å². The highest BCUT2D eigenvalue weighted by atomic mass is 16.3. The van der Waals surface area contributed by atoms with E-state index in [9.17, 15) is 14.7 Å². The van der Waals surface area contributed by atoms with Gasteiger partial charge < -0.3 is 9.90 Å². The first-order valence-corrected chi connectivity index (χ1v) is 11.6. The Balaban J connectivity index is 0.00000436. The van der Waals surface area contributed by atoms with Gasteiger partial charge in [-0.2, -0.15) is 0 Å². The molecule has 0 fully saturated rings. The van der Waals surface area contributed by atoms with Crippen molar-refractivity contribution in [1.29, 1.82) is 0 Å². The molecular weight excluding hydrogens is 388 g/mol. The topological polar surface area (TPSA) is 71.4 Å². The van der Waals surface area contributed by atoms with Gasteiger partial charge in [-0.3, -0.25) is 9.59 Å². The normalized spacial score (nSPS) is 12.6. The molecule has 31 heavy (non-hydrogen) atoms. The number of hydrogen-bond donors (Lipinski definition) is 1. The van der Waals surface area contributed by atoms with E-state index in [2.05, 4.69) is 0 Å². The lowest BCUT2D eigenvalue weighted by atomic mass is 9.80. The van der Waals surface area contributed by atoms with Crippen molar-refractivity contribution >= 4 is 18.4 Å². The molecule has 0 radical (unpaired) electrons. The monoisotopic (exact) mass is 432 g/mol. The summed E-state index contributed by atoms with van der Waals surface area (Å²) in [4.78, 5) is 32.2. The lowest BCUT2D eigenvalue weighted by Crippen LogP contribution is -2.24. The molecule has 1 N–H and O–H groups in total. The highest BCUT2D eigenvalue weighted by Crippen LogP contribution is 2.29. The number of aliphatic hydroxyl groups excluding tert-OH is 1. The van der Waals surface area contributed by atoms with Crippen LogP contribution in [0.15, 0.2) is 30.3 Å². The minimum Gasteiger partial charge on any atom is -0.393 e. The van der Waals surface area contributed by atoms with Gasteiger partial charge in [0.15, 0.2) is 5.78 Å². The molecule has 176 valence electrons. The molecule has 0 bridgehead atoms. The minimum absolute atomic E-state index is 0.214. The van der Waals surface area contributed by atoms with E-state index in [-0.39, 0.29) is 28.5 Å². The molecule has 1 aromatic carbocycles. The summed E-state index contributed by atoms with van der Waals surface area (Å²) >= 11 is 0. The number of hydrogen-bond acceptors (Lipinski definition) is 4. The molecule has 1 rings (SSSR count). The number of carbonyl (C=O) groups is 3. The Morgan fingerprint density at radius 1 is 0.806 bits per heavy atom. The zero-order valence-electron chi connectivity index (χ0n) is 20.4. The zero-order valence-corrected chi connectivity index (χ0v) is 20.4. The van der Waals surface area contributed by atoms with E-state index in [1.165, 1.54) is 0 Å². The SMILES string of the molecule is C=O.CC(=O)C(C)(C)CCCCCC(O)CCCCCC(C)(C)C(=O)c1ccccc1. The highest BCUT2D eigenvalue weighted by molar-refractivity contribution is 5.99. The fourth-order valence-electron chi connectivity index (χ4n) is 3.66. The van der Waals surface area contributed by atoms with Crippen LogP contribution in [0, 0.1) is 10.8 Å². The Labute approximate surface area is 189 Å². The summed E-state index contributed by atoms with van der Waals surface area (Å²) in [7, 11) is 0. The van der Waals surface area contributed by atoms with Gasteiger partial charge in [0.2, 0.25) is 0 Å². The third-order valence-electron chi connectivity index (χ3n) is 6.28. The lowest BCUT2D eigenvalue weighted by molar-refractivity contribution is -0.125. The fraction of sp³-hybridized carbons (Fsp3) is 0.667. The second kappa shape index (κ2) is 15.1. The summed E-state index contributed by atoms with van der Waals surface area (Å²) in [6.45, 7) is 11.8. The van der Waals surface area contributed by atoms with Crippen LogP contribution < -0.4 is 0 Å². The van der Waals surface area contributed by atoms with Gasteiger partial charge in [-0.15, -0.1) is 0 Å². The average Bonchev–Trinajstić information content (AvgIpc) is 2.74. The number of benzene rings is 1. The number of Topliss-reactive ketones (excluding diaryl/α,β-unsaturated/α-hetero) is 2. The van der Waals surface area contributed by atoms with Gasteiger partial charge in [-0.05, 0) is 32.6 Å². The van der Waals surface area contributed by atoms with Crippen molar-refractivity contribution in [2.75, 3.05) is 0 Å². The predicted molar refractivity (Wildman–Crippen MR) is 128 cm³/mol. The summed E-state index contributed by atoms with van der Waals surface area (Å²) in [5.41, 5.74) is 0.238.